The zero-order valence-corrected chi connectivity index (χ0v) is 17.2. The van der Waals surface area contributed by atoms with E-state index in [1.165, 1.54) is 4.90 Å². The zero-order valence-electron chi connectivity index (χ0n) is 17.2. The van der Waals surface area contributed by atoms with Gasteiger partial charge in [-0.2, -0.15) is 0 Å². The highest BCUT2D eigenvalue weighted by atomic mass is 16.5. The van der Waals surface area contributed by atoms with E-state index in [1.54, 1.807) is 13.2 Å². The van der Waals surface area contributed by atoms with Gasteiger partial charge in [0.2, 0.25) is 0 Å². The van der Waals surface area contributed by atoms with Crippen LogP contribution >= 0.6 is 0 Å². The molecule has 0 radical (unpaired) electrons. The number of hydrogen-bond acceptors (Lipinski definition) is 4. The molecule has 2 aromatic carbocycles. The summed E-state index contributed by atoms with van der Waals surface area (Å²) < 4.78 is 5.22. The van der Waals surface area contributed by atoms with E-state index in [0.717, 1.165) is 54.5 Å². The van der Waals surface area contributed by atoms with E-state index in [-0.39, 0.29) is 11.8 Å². The number of aryl methyl sites for hydroxylation is 2. The fourth-order valence-electron chi connectivity index (χ4n) is 4.28. The number of ether oxygens (including phenoxy) is 1. The van der Waals surface area contributed by atoms with E-state index in [2.05, 4.69) is 0 Å². The normalized spacial score (nSPS) is 18.1. The summed E-state index contributed by atoms with van der Waals surface area (Å²) in [5, 5.41) is 0. The fraction of sp³-hybridized carbons (Fsp3) is 0.375. The maximum absolute atomic E-state index is 13.5. The number of carbonyl (C=O) groups excluding carboxylic acids is 2. The molecule has 2 amide bonds. The van der Waals surface area contributed by atoms with Gasteiger partial charge < -0.3 is 4.74 Å². The van der Waals surface area contributed by atoms with Gasteiger partial charge in [-0.05, 0) is 87.1 Å². The Morgan fingerprint density at radius 3 is 2.31 bits per heavy atom. The van der Waals surface area contributed by atoms with Crippen molar-refractivity contribution in [3.8, 4) is 5.75 Å². The number of nitrogens with zero attached hydrogens (tertiary/aromatic N) is 2. The number of imide groups is 1. The molecule has 2 aliphatic rings. The minimum absolute atomic E-state index is 0.257. The third-order valence-corrected chi connectivity index (χ3v) is 6.12. The smallest absolute Gasteiger partial charge is 0.281 e. The van der Waals surface area contributed by atoms with Gasteiger partial charge in [-0.15, -0.1) is 0 Å². The Morgan fingerprint density at radius 2 is 1.69 bits per heavy atom. The third kappa shape index (κ3) is 3.35. The van der Waals surface area contributed by atoms with Crippen molar-refractivity contribution in [2.45, 2.75) is 51.6 Å². The molecule has 1 spiro atoms. The van der Waals surface area contributed by atoms with Crippen LogP contribution in [-0.2, 0) is 4.79 Å². The van der Waals surface area contributed by atoms with Crippen molar-refractivity contribution in [3.63, 3.8) is 0 Å². The van der Waals surface area contributed by atoms with Crippen LogP contribution < -0.4 is 4.74 Å². The summed E-state index contributed by atoms with van der Waals surface area (Å²) >= 11 is 0. The largest absolute Gasteiger partial charge is 0.497 e. The molecule has 1 aliphatic heterocycles. The predicted molar refractivity (Wildman–Crippen MR) is 112 cm³/mol. The number of benzene rings is 2. The van der Waals surface area contributed by atoms with Crippen LogP contribution in [0.1, 0.15) is 59.2 Å². The third-order valence-electron chi connectivity index (χ3n) is 6.12. The number of rotatable bonds is 3. The summed E-state index contributed by atoms with van der Waals surface area (Å²) in [4.78, 5) is 33.2. The number of aliphatic imine (C=N–C) groups is 1. The van der Waals surface area contributed by atoms with Gasteiger partial charge in [-0.1, -0.05) is 12.5 Å². The van der Waals surface area contributed by atoms with Gasteiger partial charge in [0.25, 0.3) is 11.8 Å². The lowest BCUT2D eigenvalue weighted by molar-refractivity contribution is -0.125. The number of carbonyl (C=O) groups is 2. The highest BCUT2D eigenvalue weighted by Crippen LogP contribution is 2.40. The van der Waals surface area contributed by atoms with Crippen molar-refractivity contribution < 1.29 is 14.3 Å². The molecule has 4 rings (SSSR count). The molecular weight excluding hydrogens is 364 g/mol. The van der Waals surface area contributed by atoms with E-state index >= 15 is 0 Å². The van der Waals surface area contributed by atoms with Crippen molar-refractivity contribution in [1.82, 2.24) is 4.90 Å². The Bertz CT molecular complexity index is 986. The second kappa shape index (κ2) is 7.47. The van der Waals surface area contributed by atoms with Gasteiger partial charge >= 0.3 is 0 Å². The summed E-state index contributed by atoms with van der Waals surface area (Å²) in [6, 6.07) is 12.9. The Kier molecular flexibility index (Phi) is 4.99. The molecule has 1 fully saturated rings. The second-order valence-corrected chi connectivity index (χ2v) is 7.98. The van der Waals surface area contributed by atoms with Gasteiger partial charge in [0.1, 0.15) is 17.1 Å². The van der Waals surface area contributed by atoms with Crippen LogP contribution in [0.5, 0.6) is 5.75 Å². The lowest BCUT2D eigenvalue weighted by Crippen LogP contribution is -2.51. The van der Waals surface area contributed by atoms with Crippen LogP contribution in [0.4, 0.5) is 0 Å². The van der Waals surface area contributed by atoms with E-state index in [1.807, 2.05) is 50.2 Å². The maximum atomic E-state index is 13.5. The van der Waals surface area contributed by atoms with Gasteiger partial charge in [0.15, 0.2) is 0 Å². The summed E-state index contributed by atoms with van der Waals surface area (Å²) in [5.74, 6) is 0.155. The molecule has 0 N–H and O–H groups in total. The van der Waals surface area contributed by atoms with Gasteiger partial charge in [0, 0.05) is 11.1 Å². The Balaban J connectivity index is 1.75. The van der Waals surface area contributed by atoms with E-state index < -0.39 is 5.66 Å². The monoisotopic (exact) mass is 390 g/mol. The molecule has 150 valence electrons. The molecule has 1 heterocycles. The molecule has 1 aliphatic carbocycles. The highest BCUT2D eigenvalue weighted by Gasteiger charge is 2.51. The van der Waals surface area contributed by atoms with Crippen LogP contribution in [0.2, 0.25) is 0 Å². The number of hydrogen-bond donors (Lipinski definition) is 0. The van der Waals surface area contributed by atoms with Gasteiger partial charge in [-0.3, -0.25) is 14.6 Å². The van der Waals surface area contributed by atoms with Gasteiger partial charge in [-0.25, -0.2) is 4.90 Å². The predicted octanol–water partition coefficient (Wildman–Crippen LogP) is 4.44. The highest BCUT2D eigenvalue weighted by molar-refractivity contribution is 6.49. The van der Waals surface area contributed by atoms with Crippen LogP contribution in [0.15, 0.2) is 47.5 Å². The van der Waals surface area contributed by atoms with Crippen molar-refractivity contribution in [2.75, 3.05) is 7.11 Å². The Morgan fingerprint density at radius 1 is 1.00 bits per heavy atom. The Hall–Kier alpha value is -2.95. The first kappa shape index (κ1) is 19.4. The van der Waals surface area contributed by atoms with Crippen molar-refractivity contribution in [3.05, 3.63) is 64.7 Å². The Labute approximate surface area is 171 Å². The standard InChI is InChI=1S/C24H26N2O3/c1-16-7-8-19(15-17(16)2)22(27)26-23(28)21(18-9-11-20(29-3)12-10-18)25-24(26)13-5-4-6-14-24/h7-12,15H,4-6,13-14H2,1-3H3. The maximum Gasteiger partial charge on any atom is 0.281 e. The average molecular weight is 390 g/mol. The topological polar surface area (TPSA) is 59.0 Å². The molecule has 5 nitrogen and oxygen atoms in total. The number of amides is 2. The second-order valence-electron chi connectivity index (χ2n) is 7.98. The lowest BCUT2D eigenvalue weighted by atomic mass is 9.88. The minimum Gasteiger partial charge on any atom is -0.497 e. The van der Waals surface area contributed by atoms with Crippen LogP contribution in [0.25, 0.3) is 0 Å². The van der Waals surface area contributed by atoms with Crippen LogP contribution in [-0.4, -0.2) is 35.2 Å². The van der Waals surface area contributed by atoms with Crippen LogP contribution in [0, 0.1) is 13.8 Å². The SMILES string of the molecule is COc1ccc(C2=NC3(CCCCC3)N(C(=O)c3ccc(C)c(C)c3)C2=O)cc1. The molecule has 0 atom stereocenters. The fourth-order valence-corrected chi connectivity index (χ4v) is 4.28. The molecule has 0 saturated heterocycles. The van der Waals surface area contributed by atoms with E-state index in [4.69, 9.17) is 9.73 Å². The summed E-state index contributed by atoms with van der Waals surface area (Å²) in [5.41, 5.74) is 3.02. The van der Waals surface area contributed by atoms with Crippen molar-refractivity contribution in [1.29, 1.82) is 0 Å². The quantitative estimate of drug-likeness (QED) is 0.728. The average Bonchev–Trinajstić information content (AvgIpc) is 3.01. The first-order chi connectivity index (χ1) is 13.9. The summed E-state index contributed by atoms with van der Waals surface area (Å²) in [6.07, 6.45) is 4.46. The first-order valence-electron chi connectivity index (χ1n) is 10.2. The molecule has 0 unspecified atom stereocenters. The first-order valence-corrected chi connectivity index (χ1v) is 10.2. The zero-order chi connectivity index (χ0) is 20.6. The number of methoxy groups -OCH3 is 1. The molecule has 5 heteroatoms. The van der Waals surface area contributed by atoms with E-state index in [0.29, 0.717) is 11.3 Å². The molecular formula is C24H26N2O3. The van der Waals surface area contributed by atoms with Crippen molar-refractivity contribution in [2.24, 2.45) is 4.99 Å². The summed E-state index contributed by atoms with van der Waals surface area (Å²) in [6.45, 7) is 3.99. The van der Waals surface area contributed by atoms with Gasteiger partial charge in [0.05, 0.1) is 7.11 Å². The molecule has 0 bridgehead atoms. The molecule has 0 aromatic heterocycles. The van der Waals surface area contributed by atoms with Crippen LogP contribution in [0.3, 0.4) is 0 Å². The molecule has 29 heavy (non-hydrogen) atoms. The molecule has 1 saturated carbocycles. The minimum atomic E-state index is -0.763. The van der Waals surface area contributed by atoms with E-state index in [9.17, 15) is 9.59 Å². The summed E-state index contributed by atoms with van der Waals surface area (Å²) in [7, 11) is 1.61. The molecule has 2 aromatic rings. The lowest BCUT2D eigenvalue weighted by Gasteiger charge is -2.37. The van der Waals surface area contributed by atoms with Crippen molar-refractivity contribution >= 4 is 17.5 Å².